The van der Waals surface area contributed by atoms with E-state index in [1.165, 1.54) is 29.9 Å². The molecular formula is C23H19N5O5. The van der Waals surface area contributed by atoms with Crippen molar-refractivity contribution in [3.8, 4) is 28.6 Å². The molecule has 4 aromatic rings. The molecule has 2 heterocycles. The smallest absolute Gasteiger partial charge is 0.348 e. The third kappa shape index (κ3) is 3.85. The van der Waals surface area contributed by atoms with Crippen LogP contribution in [0.3, 0.4) is 0 Å². The van der Waals surface area contributed by atoms with Crippen molar-refractivity contribution in [3.63, 3.8) is 0 Å². The summed E-state index contributed by atoms with van der Waals surface area (Å²) in [6.07, 6.45) is 1.42. The van der Waals surface area contributed by atoms with Crippen molar-refractivity contribution >= 4 is 11.8 Å². The number of aromatic amines is 1. The summed E-state index contributed by atoms with van der Waals surface area (Å²) in [5.41, 5.74) is 0.541. The van der Waals surface area contributed by atoms with Gasteiger partial charge in [-0.15, -0.1) is 0 Å². The van der Waals surface area contributed by atoms with Crippen LogP contribution in [0.1, 0.15) is 26.4 Å². The molecule has 3 N–H and O–H groups in total. The van der Waals surface area contributed by atoms with E-state index in [0.717, 1.165) is 16.5 Å². The lowest BCUT2D eigenvalue weighted by Crippen LogP contribution is -2.33. The standard InChI is InChI=1S/C23H19N5O5/c1-13-7-3-4-9-17(13)28-20(25-26-23(28)33)14-11-15(19(30)12-18(14)29)21(31)27(2)22(32)16-8-5-6-10-24-16/h3-12,29-30H,1-2H3,(H,26,33). The van der Waals surface area contributed by atoms with E-state index in [1.807, 2.05) is 19.1 Å². The molecule has 0 aliphatic carbocycles. The van der Waals surface area contributed by atoms with E-state index in [2.05, 4.69) is 15.2 Å². The topological polar surface area (TPSA) is 141 Å². The van der Waals surface area contributed by atoms with Crippen molar-refractivity contribution in [2.24, 2.45) is 0 Å². The van der Waals surface area contributed by atoms with Gasteiger partial charge in [0, 0.05) is 19.3 Å². The number of pyridine rings is 1. The highest BCUT2D eigenvalue weighted by Crippen LogP contribution is 2.35. The number of para-hydroxylation sites is 1. The molecule has 166 valence electrons. The summed E-state index contributed by atoms with van der Waals surface area (Å²) in [5, 5.41) is 27.2. The van der Waals surface area contributed by atoms with Crippen LogP contribution in [0.5, 0.6) is 11.5 Å². The maximum Gasteiger partial charge on any atom is 0.348 e. The number of hydrogen-bond acceptors (Lipinski definition) is 7. The van der Waals surface area contributed by atoms with Crippen LogP contribution in [-0.4, -0.2) is 53.7 Å². The highest BCUT2D eigenvalue weighted by Gasteiger charge is 2.26. The second-order valence-electron chi connectivity index (χ2n) is 7.25. The van der Waals surface area contributed by atoms with E-state index in [1.54, 1.807) is 24.3 Å². The minimum Gasteiger partial charge on any atom is -0.507 e. The van der Waals surface area contributed by atoms with Gasteiger partial charge in [-0.25, -0.2) is 14.5 Å². The fourth-order valence-electron chi connectivity index (χ4n) is 3.38. The molecule has 0 saturated heterocycles. The Kier molecular flexibility index (Phi) is 5.49. The number of carbonyl (C=O) groups excluding carboxylic acids is 2. The van der Waals surface area contributed by atoms with E-state index in [-0.39, 0.29) is 22.6 Å². The van der Waals surface area contributed by atoms with Gasteiger partial charge in [-0.1, -0.05) is 24.3 Å². The Morgan fingerprint density at radius 2 is 1.73 bits per heavy atom. The molecular weight excluding hydrogens is 426 g/mol. The normalized spacial score (nSPS) is 10.7. The first kappa shape index (κ1) is 21.5. The molecule has 0 spiro atoms. The van der Waals surface area contributed by atoms with Gasteiger partial charge in [0.15, 0.2) is 5.82 Å². The second-order valence-corrected chi connectivity index (χ2v) is 7.25. The predicted octanol–water partition coefficient (Wildman–Crippen LogP) is 2.25. The number of imide groups is 1. The summed E-state index contributed by atoms with van der Waals surface area (Å²) < 4.78 is 1.25. The summed E-state index contributed by atoms with van der Waals surface area (Å²) in [5.74, 6) is -2.42. The van der Waals surface area contributed by atoms with Crippen LogP contribution in [0.15, 0.2) is 65.6 Å². The molecule has 0 aliphatic heterocycles. The van der Waals surface area contributed by atoms with Crippen LogP contribution < -0.4 is 5.69 Å². The lowest BCUT2D eigenvalue weighted by atomic mass is 10.1. The lowest BCUT2D eigenvalue weighted by molar-refractivity contribution is 0.0651. The highest BCUT2D eigenvalue weighted by atomic mass is 16.3. The molecule has 2 aromatic carbocycles. The van der Waals surface area contributed by atoms with Gasteiger partial charge in [0.25, 0.3) is 11.8 Å². The van der Waals surface area contributed by atoms with Gasteiger partial charge in [-0.2, -0.15) is 5.10 Å². The summed E-state index contributed by atoms with van der Waals surface area (Å²) in [6, 6.07) is 13.9. The van der Waals surface area contributed by atoms with E-state index in [0.29, 0.717) is 5.69 Å². The molecule has 10 heteroatoms. The van der Waals surface area contributed by atoms with Crippen molar-refractivity contribution in [1.82, 2.24) is 24.6 Å². The Hall–Kier alpha value is -4.73. The van der Waals surface area contributed by atoms with Crippen LogP contribution in [0, 0.1) is 6.92 Å². The first-order chi connectivity index (χ1) is 15.8. The fraction of sp³-hybridized carbons (Fsp3) is 0.0870. The van der Waals surface area contributed by atoms with Crippen LogP contribution in [0.25, 0.3) is 17.1 Å². The molecule has 33 heavy (non-hydrogen) atoms. The van der Waals surface area contributed by atoms with Crippen LogP contribution >= 0.6 is 0 Å². The summed E-state index contributed by atoms with van der Waals surface area (Å²) in [6.45, 7) is 1.81. The fourth-order valence-corrected chi connectivity index (χ4v) is 3.38. The molecule has 4 rings (SSSR count). The Labute approximate surface area is 187 Å². The van der Waals surface area contributed by atoms with Gasteiger partial charge in [0.1, 0.15) is 17.2 Å². The number of nitrogens with zero attached hydrogens (tertiary/aromatic N) is 4. The number of amides is 2. The number of aromatic nitrogens is 4. The maximum atomic E-state index is 13.0. The molecule has 2 aromatic heterocycles. The molecule has 0 bridgehead atoms. The van der Waals surface area contributed by atoms with Gasteiger partial charge in [0.05, 0.1) is 16.8 Å². The molecule has 0 unspecified atom stereocenters. The van der Waals surface area contributed by atoms with Gasteiger partial charge >= 0.3 is 5.69 Å². The third-order valence-corrected chi connectivity index (χ3v) is 5.11. The van der Waals surface area contributed by atoms with E-state index in [4.69, 9.17) is 0 Å². The number of H-pyrrole nitrogens is 1. The monoisotopic (exact) mass is 445 g/mol. The van der Waals surface area contributed by atoms with Gasteiger partial charge in [-0.3, -0.25) is 19.5 Å². The largest absolute Gasteiger partial charge is 0.507 e. The molecule has 0 saturated carbocycles. The molecule has 2 amide bonds. The van der Waals surface area contributed by atoms with Crippen molar-refractivity contribution < 1.29 is 19.8 Å². The van der Waals surface area contributed by atoms with Crippen LogP contribution in [0.4, 0.5) is 0 Å². The molecule has 0 fully saturated rings. The zero-order chi connectivity index (χ0) is 23.7. The average Bonchev–Trinajstić information content (AvgIpc) is 3.19. The summed E-state index contributed by atoms with van der Waals surface area (Å²) in [4.78, 5) is 42.9. The lowest BCUT2D eigenvalue weighted by Gasteiger charge is -2.17. The zero-order valence-corrected chi connectivity index (χ0v) is 17.7. The molecule has 0 radical (unpaired) electrons. The van der Waals surface area contributed by atoms with Gasteiger partial charge < -0.3 is 10.2 Å². The van der Waals surface area contributed by atoms with E-state index in [9.17, 15) is 24.6 Å². The zero-order valence-electron chi connectivity index (χ0n) is 17.7. The number of hydrogen-bond donors (Lipinski definition) is 3. The van der Waals surface area contributed by atoms with Crippen LogP contribution in [0.2, 0.25) is 0 Å². The molecule has 0 atom stereocenters. The van der Waals surface area contributed by atoms with Crippen molar-refractivity contribution in [3.05, 3.63) is 88.1 Å². The number of aromatic hydroxyl groups is 2. The van der Waals surface area contributed by atoms with Crippen molar-refractivity contribution in [1.29, 1.82) is 0 Å². The number of phenols is 2. The number of benzene rings is 2. The minimum atomic E-state index is -0.829. The third-order valence-electron chi connectivity index (χ3n) is 5.11. The highest BCUT2D eigenvalue weighted by molar-refractivity contribution is 6.11. The molecule has 10 nitrogen and oxygen atoms in total. The Bertz CT molecular complexity index is 1420. The van der Waals surface area contributed by atoms with Gasteiger partial charge in [0.2, 0.25) is 0 Å². The maximum absolute atomic E-state index is 13.0. The number of nitrogens with one attached hydrogen (secondary N) is 1. The summed E-state index contributed by atoms with van der Waals surface area (Å²) >= 11 is 0. The SMILES string of the molecule is Cc1ccccc1-n1c(-c2cc(C(=O)N(C)C(=O)c3ccccn3)c(O)cc2O)n[nH]c1=O. The molecule has 0 aliphatic rings. The number of phenolic OH excluding ortho intramolecular Hbond substituents is 2. The number of rotatable bonds is 4. The Balaban J connectivity index is 1.80. The van der Waals surface area contributed by atoms with Gasteiger partial charge in [-0.05, 0) is 36.8 Å². The minimum absolute atomic E-state index is 0.0106. The predicted molar refractivity (Wildman–Crippen MR) is 118 cm³/mol. The number of aryl methyl sites for hydroxylation is 1. The number of carbonyl (C=O) groups is 2. The summed E-state index contributed by atoms with van der Waals surface area (Å²) in [7, 11) is 1.25. The van der Waals surface area contributed by atoms with E-state index < -0.39 is 29.0 Å². The van der Waals surface area contributed by atoms with Crippen molar-refractivity contribution in [2.45, 2.75) is 6.92 Å². The first-order valence-corrected chi connectivity index (χ1v) is 9.82. The van der Waals surface area contributed by atoms with Crippen LogP contribution in [-0.2, 0) is 0 Å². The first-order valence-electron chi connectivity index (χ1n) is 9.82. The average molecular weight is 445 g/mol. The quantitative estimate of drug-likeness (QED) is 0.409. The van der Waals surface area contributed by atoms with E-state index >= 15 is 0 Å². The second kappa shape index (κ2) is 8.42. The Morgan fingerprint density at radius 3 is 2.42 bits per heavy atom. The van der Waals surface area contributed by atoms with Crippen molar-refractivity contribution in [2.75, 3.05) is 7.05 Å². The Morgan fingerprint density at radius 1 is 1.00 bits per heavy atom.